The summed E-state index contributed by atoms with van der Waals surface area (Å²) in [6, 6.07) is 6.31. The van der Waals surface area contributed by atoms with Gasteiger partial charge in [0.2, 0.25) is 17.7 Å². The Kier molecular flexibility index (Phi) is 8.23. The zero-order valence-electron chi connectivity index (χ0n) is 23.5. The van der Waals surface area contributed by atoms with E-state index in [-0.39, 0.29) is 37.4 Å². The molecule has 0 saturated carbocycles. The molecular weight excluding hydrogens is 498 g/mol. The number of β-amino-alcohol motifs (C(OH)–C–C–N with tert-alkyl or cyclic N) is 1. The van der Waals surface area contributed by atoms with E-state index in [2.05, 4.69) is 13.2 Å². The van der Waals surface area contributed by atoms with Crippen LogP contribution >= 0.6 is 0 Å². The second kappa shape index (κ2) is 11.1. The van der Waals surface area contributed by atoms with E-state index >= 15 is 0 Å². The molecule has 2 bridgehead atoms. The predicted molar refractivity (Wildman–Crippen MR) is 148 cm³/mol. The highest BCUT2D eigenvalue weighted by Gasteiger charge is 2.75. The maximum atomic E-state index is 14.2. The van der Waals surface area contributed by atoms with Crippen LogP contribution in [-0.4, -0.2) is 88.8 Å². The molecule has 1 aromatic carbocycles. The van der Waals surface area contributed by atoms with E-state index < -0.39 is 35.1 Å². The van der Waals surface area contributed by atoms with Crippen LogP contribution in [0.3, 0.4) is 0 Å². The van der Waals surface area contributed by atoms with Gasteiger partial charge in [-0.15, -0.1) is 13.2 Å². The van der Waals surface area contributed by atoms with Crippen LogP contribution in [0.4, 0.5) is 5.69 Å². The van der Waals surface area contributed by atoms with Crippen LogP contribution in [0, 0.1) is 11.8 Å². The smallest absolute Gasteiger partial charge is 0.249 e. The molecule has 1 aromatic rings. The van der Waals surface area contributed by atoms with Gasteiger partial charge in [-0.05, 0) is 64.8 Å². The number of nitrogens with zero attached hydrogens (tertiary/aromatic N) is 3. The van der Waals surface area contributed by atoms with E-state index in [1.807, 2.05) is 39.8 Å². The number of aliphatic hydroxyl groups excluding tert-OH is 1. The van der Waals surface area contributed by atoms with Gasteiger partial charge in [0, 0.05) is 30.9 Å². The van der Waals surface area contributed by atoms with E-state index in [1.165, 1.54) is 4.90 Å². The standard InChI is InChI=1S/C30H41N3O6/c1-7-16-31(20-10-12-21(13-11-20)38-9-3)26(35)23-22-14-15-30(39-22)24(23)27(36)32(18-19-34)25(30)28(37)33(17-8-2)29(4,5)6/h7-8,10-13,22-25,34H,1-2,9,14-19H2,3-6H3/t22-,23+,24-,25?,30?/m0/s1. The molecule has 3 heterocycles. The fourth-order valence-electron chi connectivity index (χ4n) is 6.55. The zero-order valence-corrected chi connectivity index (χ0v) is 23.5. The van der Waals surface area contributed by atoms with Gasteiger partial charge in [0.05, 0.1) is 31.2 Å². The third-order valence-electron chi connectivity index (χ3n) is 8.08. The normalized spacial score (nSPS) is 27.3. The zero-order chi connectivity index (χ0) is 28.5. The number of benzene rings is 1. The second-order valence-electron chi connectivity index (χ2n) is 11.4. The van der Waals surface area contributed by atoms with E-state index in [9.17, 15) is 19.5 Å². The molecule has 9 nitrogen and oxygen atoms in total. The van der Waals surface area contributed by atoms with Crippen molar-refractivity contribution in [1.82, 2.24) is 9.80 Å². The molecule has 3 aliphatic rings. The Morgan fingerprint density at radius 1 is 1.18 bits per heavy atom. The van der Waals surface area contributed by atoms with Crippen molar-refractivity contribution in [3.63, 3.8) is 0 Å². The Hall–Kier alpha value is -3.17. The van der Waals surface area contributed by atoms with E-state index in [0.29, 0.717) is 37.4 Å². The van der Waals surface area contributed by atoms with Gasteiger partial charge in [-0.1, -0.05) is 12.2 Å². The molecule has 0 aromatic heterocycles. The minimum absolute atomic E-state index is 0.0102. The molecule has 5 atom stereocenters. The Balaban J connectivity index is 1.72. The lowest BCUT2D eigenvalue weighted by Gasteiger charge is -2.42. The first kappa shape index (κ1) is 28.8. The first-order chi connectivity index (χ1) is 18.5. The summed E-state index contributed by atoms with van der Waals surface area (Å²) in [5.41, 5.74) is -0.999. The van der Waals surface area contributed by atoms with Gasteiger partial charge in [-0.2, -0.15) is 0 Å². The topological polar surface area (TPSA) is 99.6 Å². The summed E-state index contributed by atoms with van der Waals surface area (Å²) in [6.45, 7) is 16.1. The summed E-state index contributed by atoms with van der Waals surface area (Å²) in [4.78, 5) is 47.1. The van der Waals surface area contributed by atoms with Gasteiger partial charge in [0.1, 0.15) is 17.4 Å². The Morgan fingerprint density at radius 3 is 2.41 bits per heavy atom. The minimum Gasteiger partial charge on any atom is -0.494 e. The van der Waals surface area contributed by atoms with Crippen LogP contribution in [0.15, 0.2) is 49.6 Å². The van der Waals surface area contributed by atoms with Crippen molar-refractivity contribution < 1.29 is 29.0 Å². The fraction of sp³-hybridized carbons (Fsp3) is 0.567. The molecule has 9 heteroatoms. The van der Waals surface area contributed by atoms with E-state index in [0.717, 1.165) is 0 Å². The summed E-state index contributed by atoms with van der Waals surface area (Å²) >= 11 is 0. The van der Waals surface area contributed by atoms with Crippen LogP contribution in [0.2, 0.25) is 0 Å². The third kappa shape index (κ3) is 4.87. The number of likely N-dealkylation sites (tertiary alicyclic amines) is 1. The molecule has 1 N–H and O–H groups in total. The van der Waals surface area contributed by atoms with Gasteiger partial charge in [0.25, 0.3) is 0 Å². The molecule has 3 amide bonds. The average Bonchev–Trinajstić information content (AvgIpc) is 3.53. The SMILES string of the molecule is C=CCN(C(=O)[C@@H]1[C@@H]2CCC3(O2)C(C(=O)N(CC=C)C(C)(C)C)N(CCO)C(=O)[C@H]13)c1ccc(OCC)cc1. The number of carbonyl (C=O) groups excluding carboxylic acids is 3. The first-order valence-electron chi connectivity index (χ1n) is 13.7. The van der Waals surface area contributed by atoms with E-state index in [4.69, 9.17) is 9.47 Å². The number of carbonyl (C=O) groups is 3. The van der Waals surface area contributed by atoms with Crippen molar-refractivity contribution in [2.24, 2.45) is 11.8 Å². The van der Waals surface area contributed by atoms with Crippen LogP contribution < -0.4 is 9.64 Å². The molecule has 4 rings (SSSR count). The fourth-order valence-corrected chi connectivity index (χ4v) is 6.55. The van der Waals surface area contributed by atoms with Crippen molar-refractivity contribution in [3.05, 3.63) is 49.6 Å². The largest absolute Gasteiger partial charge is 0.494 e. The molecule has 3 fully saturated rings. The average molecular weight is 540 g/mol. The van der Waals surface area contributed by atoms with Gasteiger partial charge >= 0.3 is 0 Å². The van der Waals surface area contributed by atoms with Crippen LogP contribution in [-0.2, 0) is 19.1 Å². The molecule has 1 spiro atoms. The number of ether oxygens (including phenoxy) is 2. The molecular formula is C30H41N3O6. The molecule has 0 aliphatic carbocycles. The predicted octanol–water partition coefficient (Wildman–Crippen LogP) is 2.78. The lowest BCUT2D eigenvalue weighted by molar-refractivity contribution is -0.151. The van der Waals surface area contributed by atoms with Crippen molar-refractivity contribution in [2.45, 2.75) is 63.8 Å². The number of hydrogen-bond donors (Lipinski definition) is 1. The van der Waals surface area contributed by atoms with Gasteiger partial charge < -0.3 is 29.3 Å². The van der Waals surface area contributed by atoms with Crippen molar-refractivity contribution >= 4 is 23.4 Å². The second-order valence-corrected chi connectivity index (χ2v) is 11.4. The molecule has 0 radical (unpaired) electrons. The summed E-state index contributed by atoms with van der Waals surface area (Å²) < 4.78 is 12.1. The summed E-state index contributed by atoms with van der Waals surface area (Å²) in [6.07, 6.45) is 3.89. The third-order valence-corrected chi connectivity index (χ3v) is 8.08. The number of rotatable bonds is 11. The molecule has 39 heavy (non-hydrogen) atoms. The van der Waals surface area contributed by atoms with Crippen molar-refractivity contribution in [2.75, 3.05) is 37.7 Å². The molecule has 3 aliphatic heterocycles. The molecule has 2 unspecified atom stereocenters. The van der Waals surface area contributed by atoms with Crippen LogP contribution in [0.5, 0.6) is 5.75 Å². The molecule has 3 saturated heterocycles. The van der Waals surface area contributed by atoms with Crippen LogP contribution in [0.25, 0.3) is 0 Å². The Bertz CT molecular complexity index is 1110. The van der Waals surface area contributed by atoms with Gasteiger partial charge in [-0.25, -0.2) is 0 Å². The maximum Gasteiger partial charge on any atom is 0.249 e. The Labute approximate surface area is 231 Å². The highest BCUT2D eigenvalue weighted by atomic mass is 16.5. The number of fused-ring (bicyclic) bond motifs is 1. The lowest BCUT2D eigenvalue weighted by Crippen LogP contribution is -2.60. The van der Waals surface area contributed by atoms with Gasteiger partial charge in [-0.3, -0.25) is 14.4 Å². The Morgan fingerprint density at radius 2 is 1.85 bits per heavy atom. The maximum absolute atomic E-state index is 14.2. The number of anilines is 1. The summed E-state index contributed by atoms with van der Waals surface area (Å²) in [5.74, 6) is -1.68. The lowest BCUT2D eigenvalue weighted by atomic mass is 9.70. The first-order valence-corrected chi connectivity index (χ1v) is 13.7. The highest BCUT2D eigenvalue weighted by molar-refractivity contribution is 6.03. The summed E-state index contributed by atoms with van der Waals surface area (Å²) in [5, 5.41) is 9.85. The number of amides is 3. The van der Waals surface area contributed by atoms with Crippen LogP contribution in [0.1, 0.15) is 40.5 Å². The highest BCUT2D eigenvalue weighted by Crippen LogP contribution is 2.59. The monoisotopic (exact) mass is 539 g/mol. The van der Waals surface area contributed by atoms with Gasteiger partial charge in [0.15, 0.2) is 0 Å². The number of aliphatic hydroxyl groups is 1. The molecule has 212 valence electrons. The minimum atomic E-state index is -1.13. The van der Waals surface area contributed by atoms with E-state index in [1.54, 1.807) is 34.1 Å². The summed E-state index contributed by atoms with van der Waals surface area (Å²) in [7, 11) is 0. The quantitative estimate of drug-likeness (QED) is 0.434. The van der Waals surface area contributed by atoms with Crippen molar-refractivity contribution in [1.29, 1.82) is 0 Å². The number of hydrogen-bond acceptors (Lipinski definition) is 6. The van der Waals surface area contributed by atoms with Crippen molar-refractivity contribution in [3.8, 4) is 5.75 Å².